The molecule has 0 spiro atoms. The zero-order chi connectivity index (χ0) is 26.5. The molecule has 2 heterocycles. The predicted octanol–water partition coefficient (Wildman–Crippen LogP) is 5.06. The second-order valence-electron chi connectivity index (χ2n) is 9.51. The molecule has 3 aromatic carbocycles. The smallest absolute Gasteiger partial charge is 0.262 e. The van der Waals surface area contributed by atoms with Gasteiger partial charge in [-0.05, 0) is 60.2 Å². The largest absolute Gasteiger partial charge is 0.493 e. The molecule has 0 bridgehead atoms. The minimum atomic E-state index is -0.578. The van der Waals surface area contributed by atoms with Crippen LogP contribution in [-0.2, 0) is 4.79 Å². The van der Waals surface area contributed by atoms with Crippen LogP contribution in [0.4, 0.5) is 10.1 Å². The molecule has 1 saturated heterocycles. The molecular weight excluding hydrogens is 487 g/mol. The van der Waals surface area contributed by atoms with Crippen LogP contribution in [0.15, 0.2) is 66.7 Å². The first-order valence-corrected chi connectivity index (χ1v) is 12.8. The lowest BCUT2D eigenvalue weighted by atomic mass is 9.76. The van der Waals surface area contributed by atoms with Crippen molar-refractivity contribution in [3.05, 3.63) is 83.4 Å². The van der Waals surface area contributed by atoms with Crippen molar-refractivity contribution in [1.82, 2.24) is 4.90 Å². The van der Waals surface area contributed by atoms with Gasteiger partial charge in [-0.25, -0.2) is 4.39 Å². The molecule has 2 amide bonds. The number of likely N-dealkylation sites (tertiary alicyclic amines) is 1. The normalized spacial score (nSPS) is 16.2. The van der Waals surface area contributed by atoms with E-state index in [4.69, 9.17) is 14.2 Å². The van der Waals surface area contributed by atoms with Crippen molar-refractivity contribution < 1.29 is 28.2 Å². The standard InChI is InChI=1S/C30H31FN2O5/c1-36-26-10-7-22(18-27(26)37-16-13-31)29(20-5-3-2-4-6-20)21-11-14-33(15-12-21)30(35)23-8-9-25-24(17-23)32-28(34)19-38-25/h2-10,17-18,21,29H,11-16,19H2,1H3,(H,32,34). The van der Waals surface area contributed by atoms with E-state index in [1.807, 2.05) is 41.3 Å². The van der Waals surface area contributed by atoms with E-state index < -0.39 is 6.67 Å². The number of nitrogens with zero attached hydrogens (tertiary/aromatic N) is 1. The summed E-state index contributed by atoms with van der Waals surface area (Å²) < 4.78 is 29.3. The molecule has 38 heavy (non-hydrogen) atoms. The third-order valence-corrected chi connectivity index (χ3v) is 7.20. The Labute approximate surface area is 221 Å². The number of anilines is 1. The number of hydrogen-bond donors (Lipinski definition) is 1. The third-order valence-electron chi connectivity index (χ3n) is 7.20. The third kappa shape index (κ3) is 5.44. The fraction of sp³-hybridized carbons (Fsp3) is 0.333. The van der Waals surface area contributed by atoms with E-state index in [1.165, 1.54) is 5.56 Å². The van der Waals surface area contributed by atoms with E-state index in [-0.39, 0.29) is 30.9 Å². The van der Waals surface area contributed by atoms with Crippen LogP contribution in [0.2, 0.25) is 0 Å². The molecular formula is C30H31FN2O5. The van der Waals surface area contributed by atoms with Crippen LogP contribution in [0, 0.1) is 5.92 Å². The summed E-state index contributed by atoms with van der Waals surface area (Å²) in [5.74, 6) is 1.75. The Morgan fingerprint density at radius 2 is 1.84 bits per heavy atom. The maximum Gasteiger partial charge on any atom is 0.262 e. The van der Waals surface area contributed by atoms with E-state index in [2.05, 4.69) is 17.4 Å². The average molecular weight is 519 g/mol. The molecule has 2 aliphatic heterocycles. The van der Waals surface area contributed by atoms with Crippen molar-refractivity contribution in [2.75, 3.05) is 45.4 Å². The van der Waals surface area contributed by atoms with E-state index in [0.717, 1.165) is 18.4 Å². The Morgan fingerprint density at radius 3 is 2.58 bits per heavy atom. The van der Waals surface area contributed by atoms with E-state index >= 15 is 0 Å². The fourth-order valence-electron chi connectivity index (χ4n) is 5.38. The van der Waals surface area contributed by atoms with Gasteiger partial charge in [0.05, 0.1) is 12.8 Å². The Hall–Kier alpha value is -4.07. The van der Waals surface area contributed by atoms with Gasteiger partial charge in [0.15, 0.2) is 18.1 Å². The van der Waals surface area contributed by atoms with Crippen molar-refractivity contribution in [2.45, 2.75) is 18.8 Å². The molecule has 0 aromatic heterocycles. The number of carbonyl (C=O) groups excluding carboxylic acids is 2. The average Bonchev–Trinajstić information content (AvgIpc) is 2.96. The number of hydrogen-bond acceptors (Lipinski definition) is 5. The summed E-state index contributed by atoms with van der Waals surface area (Å²) in [6, 6.07) is 21.3. The zero-order valence-corrected chi connectivity index (χ0v) is 21.3. The molecule has 1 N–H and O–H groups in total. The van der Waals surface area contributed by atoms with Crippen LogP contribution in [0.25, 0.3) is 0 Å². The number of ether oxygens (including phenoxy) is 3. The second kappa shape index (κ2) is 11.5. The molecule has 1 fully saturated rings. The van der Waals surface area contributed by atoms with Crippen molar-refractivity contribution in [3.63, 3.8) is 0 Å². The Kier molecular flexibility index (Phi) is 7.77. The molecule has 7 nitrogen and oxygen atoms in total. The lowest BCUT2D eigenvalue weighted by molar-refractivity contribution is -0.118. The lowest BCUT2D eigenvalue weighted by Crippen LogP contribution is -2.40. The summed E-state index contributed by atoms with van der Waals surface area (Å²) in [6.07, 6.45) is 1.64. The summed E-state index contributed by atoms with van der Waals surface area (Å²) in [5, 5.41) is 2.77. The zero-order valence-electron chi connectivity index (χ0n) is 21.3. The van der Waals surface area contributed by atoms with Gasteiger partial charge in [-0.2, -0.15) is 0 Å². The van der Waals surface area contributed by atoms with Crippen LogP contribution in [0.5, 0.6) is 17.2 Å². The topological polar surface area (TPSA) is 77.1 Å². The van der Waals surface area contributed by atoms with Gasteiger partial charge in [0.25, 0.3) is 11.8 Å². The molecule has 1 atom stereocenters. The minimum Gasteiger partial charge on any atom is -0.493 e. The van der Waals surface area contributed by atoms with E-state index in [9.17, 15) is 14.0 Å². The molecule has 0 saturated carbocycles. The maximum absolute atomic E-state index is 13.3. The maximum atomic E-state index is 13.3. The minimum absolute atomic E-state index is 0.0198. The Balaban J connectivity index is 1.35. The summed E-state index contributed by atoms with van der Waals surface area (Å²) in [5.41, 5.74) is 3.30. The molecule has 1 unspecified atom stereocenters. The van der Waals surface area contributed by atoms with Gasteiger partial charge >= 0.3 is 0 Å². The summed E-state index contributed by atoms with van der Waals surface area (Å²) in [4.78, 5) is 26.9. The van der Waals surface area contributed by atoms with Gasteiger partial charge in [-0.1, -0.05) is 36.4 Å². The molecule has 5 rings (SSSR count). The number of piperidine rings is 1. The Bertz CT molecular complexity index is 1290. The molecule has 198 valence electrons. The highest BCUT2D eigenvalue weighted by Crippen LogP contribution is 2.41. The SMILES string of the molecule is COc1ccc(C(c2ccccc2)C2CCN(C(=O)c3ccc4c(c3)NC(=O)CO4)CC2)cc1OCCF. The van der Waals surface area contributed by atoms with Gasteiger partial charge in [-0.15, -0.1) is 0 Å². The number of halogens is 1. The highest BCUT2D eigenvalue weighted by atomic mass is 19.1. The van der Waals surface area contributed by atoms with Crippen molar-refractivity contribution >= 4 is 17.5 Å². The molecule has 0 radical (unpaired) electrons. The van der Waals surface area contributed by atoms with Crippen molar-refractivity contribution in [1.29, 1.82) is 0 Å². The highest BCUT2D eigenvalue weighted by Gasteiger charge is 2.32. The van der Waals surface area contributed by atoms with Gasteiger partial charge in [0, 0.05) is 24.6 Å². The first-order valence-electron chi connectivity index (χ1n) is 12.8. The lowest BCUT2D eigenvalue weighted by Gasteiger charge is -2.37. The quantitative estimate of drug-likeness (QED) is 0.451. The van der Waals surface area contributed by atoms with Gasteiger partial charge in [0.2, 0.25) is 0 Å². The predicted molar refractivity (Wildman–Crippen MR) is 142 cm³/mol. The molecule has 2 aliphatic rings. The van der Waals surface area contributed by atoms with Crippen LogP contribution in [0.1, 0.15) is 40.2 Å². The van der Waals surface area contributed by atoms with Crippen molar-refractivity contribution in [3.8, 4) is 17.2 Å². The fourth-order valence-corrected chi connectivity index (χ4v) is 5.38. The summed E-state index contributed by atoms with van der Waals surface area (Å²) >= 11 is 0. The van der Waals surface area contributed by atoms with Crippen LogP contribution >= 0.6 is 0 Å². The van der Waals surface area contributed by atoms with Gasteiger partial charge < -0.3 is 24.4 Å². The molecule has 8 heteroatoms. The van der Waals surface area contributed by atoms with Gasteiger partial charge in [0.1, 0.15) is 19.0 Å². The molecule has 3 aromatic rings. The van der Waals surface area contributed by atoms with Crippen LogP contribution in [-0.4, -0.2) is 56.8 Å². The van der Waals surface area contributed by atoms with Gasteiger partial charge in [-0.3, -0.25) is 9.59 Å². The second-order valence-corrected chi connectivity index (χ2v) is 9.51. The summed E-state index contributed by atoms with van der Waals surface area (Å²) in [6.45, 7) is 0.608. The van der Waals surface area contributed by atoms with E-state index in [1.54, 1.807) is 25.3 Å². The van der Waals surface area contributed by atoms with Crippen molar-refractivity contribution in [2.24, 2.45) is 5.92 Å². The number of rotatable bonds is 8. The number of alkyl halides is 1. The first-order chi connectivity index (χ1) is 18.6. The number of methoxy groups -OCH3 is 1. The number of carbonyl (C=O) groups is 2. The number of nitrogens with one attached hydrogen (secondary N) is 1. The number of benzene rings is 3. The summed E-state index contributed by atoms with van der Waals surface area (Å²) in [7, 11) is 1.57. The number of fused-ring (bicyclic) bond motifs is 1. The Morgan fingerprint density at radius 1 is 1.05 bits per heavy atom. The first kappa shape index (κ1) is 25.6. The highest BCUT2D eigenvalue weighted by molar-refractivity contribution is 5.99. The van der Waals surface area contributed by atoms with Crippen LogP contribution < -0.4 is 19.5 Å². The molecule has 0 aliphatic carbocycles. The van der Waals surface area contributed by atoms with E-state index in [0.29, 0.717) is 47.5 Å². The number of amides is 2. The van der Waals surface area contributed by atoms with Crippen LogP contribution in [0.3, 0.4) is 0 Å². The monoisotopic (exact) mass is 518 g/mol.